The van der Waals surface area contributed by atoms with Crippen molar-refractivity contribution in [1.82, 2.24) is 0 Å². The molecule has 0 radical (unpaired) electrons. The number of hydrazone groups is 1. The first kappa shape index (κ1) is 20.2. The number of carbonyl (C=O) groups excluding carboxylic acids is 1. The Balaban J connectivity index is 2.25. The largest absolute Gasteiger partial charge is 0.422 e. The van der Waals surface area contributed by atoms with Crippen LogP contribution in [0.15, 0.2) is 29.4 Å². The molecule has 2 N–H and O–H groups in total. The third-order valence-corrected chi connectivity index (χ3v) is 3.17. The molecule has 144 valence electrons. The minimum atomic E-state index is -5.62. The van der Waals surface area contributed by atoms with Crippen molar-refractivity contribution in [3.63, 3.8) is 0 Å². The zero-order valence-electron chi connectivity index (χ0n) is 13.4. The molecule has 0 spiro atoms. The van der Waals surface area contributed by atoms with Gasteiger partial charge in [0.1, 0.15) is 11.3 Å². The second-order valence-corrected chi connectivity index (χ2v) is 5.18. The summed E-state index contributed by atoms with van der Waals surface area (Å²) < 4.78 is 91.8. The van der Waals surface area contributed by atoms with E-state index >= 15 is 0 Å². The highest BCUT2D eigenvalue weighted by atomic mass is 19.4. The van der Waals surface area contributed by atoms with Crippen molar-refractivity contribution in [2.24, 2.45) is 5.10 Å². The minimum Gasteiger partial charge on any atom is -0.326 e. The summed E-state index contributed by atoms with van der Waals surface area (Å²) in [5, 5.41) is 5.83. The first-order valence-corrected chi connectivity index (χ1v) is 7.12. The third kappa shape index (κ3) is 4.54. The van der Waals surface area contributed by atoms with Gasteiger partial charge in [-0.05, 0) is 17.7 Å². The molecule has 0 unspecified atom stereocenters. The van der Waals surface area contributed by atoms with Crippen LogP contribution >= 0.6 is 0 Å². The smallest absolute Gasteiger partial charge is 0.326 e. The lowest BCUT2D eigenvalue weighted by Crippen LogP contribution is -2.16. The molecule has 4 nitrogen and oxygen atoms in total. The Hall–Kier alpha value is -3.11. The topological polar surface area (TPSA) is 53.5 Å². The van der Waals surface area contributed by atoms with Gasteiger partial charge >= 0.3 is 6.18 Å². The molecule has 0 atom stereocenters. The van der Waals surface area contributed by atoms with E-state index in [0.717, 1.165) is 6.21 Å². The van der Waals surface area contributed by atoms with Crippen LogP contribution in [0, 0.1) is 23.3 Å². The van der Waals surface area contributed by atoms with Gasteiger partial charge in [0.15, 0.2) is 23.3 Å². The minimum absolute atomic E-state index is 0.310. The van der Waals surface area contributed by atoms with Gasteiger partial charge in [-0.25, -0.2) is 17.6 Å². The molecule has 2 rings (SSSR count). The molecule has 0 aliphatic carbocycles. The highest BCUT2D eigenvalue weighted by Crippen LogP contribution is 2.38. The number of nitrogens with one attached hydrogen (secondary N) is 2. The average Bonchev–Trinajstić information content (AvgIpc) is 2.56. The summed E-state index contributed by atoms with van der Waals surface area (Å²) in [6, 6.07) is 5.83. The first-order valence-electron chi connectivity index (χ1n) is 7.12. The molecule has 27 heavy (non-hydrogen) atoms. The zero-order valence-corrected chi connectivity index (χ0v) is 13.4. The highest BCUT2D eigenvalue weighted by Gasteiger charge is 2.42. The number of halogens is 7. The third-order valence-electron chi connectivity index (χ3n) is 3.17. The summed E-state index contributed by atoms with van der Waals surface area (Å²) in [4.78, 5) is 10.9. The van der Waals surface area contributed by atoms with Gasteiger partial charge in [-0.15, -0.1) is 0 Å². The maximum absolute atomic E-state index is 13.7. The molecule has 1 amide bonds. The summed E-state index contributed by atoms with van der Waals surface area (Å²) in [6.07, 6.45) is -4.63. The van der Waals surface area contributed by atoms with Gasteiger partial charge in [-0.3, -0.25) is 10.2 Å². The first-order chi connectivity index (χ1) is 12.5. The lowest BCUT2D eigenvalue weighted by Gasteiger charge is -2.13. The molecule has 0 saturated carbocycles. The molecule has 0 bridgehead atoms. The Morgan fingerprint density at radius 1 is 0.963 bits per heavy atom. The van der Waals surface area contributed by atoms with E-state index in [4.69, 9.17) is 0 Å². The Morgan fingerprint density at radius 3 is 1.93 bits per heavy atom. The van der Waals surface area contributed by atoms with Crippen LogP contribution in [0.5, 0.6) is 0 Å². The number of anilines is 2. The number of amides is 1. The van der Waals surface area contributed by atoms with E-state index < -0.39 is 40.7 Å². The Kier molecular flexibility index (Phi) is 5.72. The van der Waals surface area contributed by atoms with Crippen LogP contribution in [-0.4, -0.2) is 12.1 Å². The fourth-order valence-electron chi connectivity index (χ4n) is 2.01. The normalized spacial score (nSPS) is 11.7. The lowest BCUT2D eigenvalue weighted by atomic mass is 10.1. The van der Waals surface area contributed by atoms with Gasteiger partial charge in [0.05, 0.1) is 6.21 Å². The van der Waals surface area contributed by atoms with Crippen LogP contribution in [0.25, 0.3) is 0 Å². The zero-order chi connectivity index (χ0) is 20.4. The van der Waals surface area contributed by atoms with Crippen molar-refractivity contribution in [2.75, 3.05) is 10.7 Å². The number of hydrogen-bond acceptors (Lipinski definition) is 3. The molecule has 2 aromatic rings. The van der Waals surface area contributed by atoms with Gasteiger partial charge in [-0.2, -0.15) is 18.3 Å². The molecule has 0 heterocycles. The summed E-state index contributed by atoms with van der Waals surface area (Å²) >= 11 is 0. The van der Waals surface area contributed by atoms with Crippen LogP contribution in [-0.2, 0) is 11.0 Å². The Bertz CT molecular complexity index is 863. The van der Waals surface area contributed by atoms with Crippen LogP contribution < -0.4 is 10.7 Å². The van der Waals surface area contributed by atoms with Gasteiger partial charge < -0.3 is 5.32 Å². The molecule has 2 aromatic carbocycles. The standard InChI is InChI=1S/C16H10F7N3O/c1-7(27)25-9-4-2-8(3-5-9)6-24-26-15-13(19)11(17)10(16(21,22)23)12(18)14(15)20/h2-6,26H,1H3,(H,25,27). The monoisotopic (exact) mass is 393 g/mol. The summed E-state index contributed by atoms with van der Waals surface area (Å²) in [7, 11) is 0. The van der Waals surface area contributed by atoms with E-state index in [0.29, 0.717) is 11.3 Å². The molecule has 0 aromatic heterocycles. The summed E-state index contributed by atoms with van der Waals surface area (Å²) in [6.45, 7) is 1.30. The van der Waals surface area contributed by atoms with Crippen molar-refractivity contribution in [2.45, 2.75) is 13.1 Å². The highest BCUT2D eigenvalue weighted by molar-refractivity contribution is 5.89. The number of carbonyl (C=O) groups is 1. The second kappa shape index (κ2) is 7.64. The van der Waals surface area contributed by atoms with Crippen molar-refractivity contribution < 1.29 is 35.5 Å². The van der Waals surface area contributed by atoms with Crippen molar-refractivity contribution in [3.05, 3.63) is 58.7 Å². The number of nitrogens with zero attached hydrogens (tertiary/aromatic N) is 1. The fourth-order valence-corrected chi connectivity index (χ4v) is 2.01. The number of hydrogen-bond donors (Lipinski definition) is 2. The number of alkyl halides is 3. The van der Waals surface area contributed by atoms with Crippen LogP contribution in [0.2, 0.25) is 0 Å². The average molecular weight is 393 g/mol. The SMILES string of the molecule is CC(=O)Nc1ccc(C=NNc2c(F)c(F)c(C(F)(F)F)c(F)c2F)cc1. The van der Waals surface area contributed by atoms with E-state index in [2.05, 4.69) is 10.4 Å². The Morgan fingerprint density at radius 2 is 1.48 bits per heavy atom. The van der Waals surface area contributed by atoms with E-state index in [9.17, 15) is 35.5 Å². The van der Waals surface area contributed by atoms with E-state index in [1.54, 1.807) is 5.43 Å². The second-order valence-electron chi connectivity index (χ2n) is 5.18. The van der Waals surface area contributed by atoms with Gasteiger partial charge in [0.2, 0.25) is 5.91 Å². The molecular formula is C16H10F7N3O. The van der Waals surface area contributed by atoms with E-state index in [-0.39, 0.29) is 5.91 Å². The van der Waals surface area contributed by atoms with Crippen LogP contribution in [0.1, 0.15) is 18.1 Å². The summed E-state index contributed by atoms with van der Waals surface area (Å²) in [5.41, 5.74) is -1.73. The van der Waals surface area contributed by atoms with Gasteiger partial charge in [0.25, 0.3) is 0 Å². The maximum Gasteiger partial charge on any atom is 0.422 e. The van der Waals surface area contributed by atoms with Gasteiger partial charge in [0, 0.05) is 12.6 Å². The molecule has 0 aliphatic rings. The van der Waals surface area contributed by atoms with Crippen molar-refractivity contribution in [1.29, 1.82) is 0 Å². The number of rotatable bonds is 4. The van der Waals surface area contributed by atoms with Crippen LogP contribution in [0.3, 0.4) is 0 Å². The van der Waals surface area contributed by atoms with Gasteiger partial charge in [-0.1, -0.05) is 12.1 Å². The van der Waals surface area contributed by atoms with Crippen LogP contribution in [0.4, 0.5) is 42.1 Å². The predicted molar refractivity (Wildman–Crippen MR) is 83.2 cm³/mol. The predicted octanol–water partition coefficient (Wildman–Crippen LogP) is 4.67. The molecule has 0 saturated heterocycles. The van der Waals surface area contributed by atoms with E-state index in [1.807, 2.05) is 0 Å². The van der Waals surface area contributed by atoms with E-state index in [1.165, 1.54) is 31.2 Å². The molecule has 0 aliphatic heterocycles. The lowest BCUT2D eigenvalue weighted by molar-refractivity contribution is -0.143. The molecular weight excluding hydrogens is 383 g/mol. The number of benzene rings is 2. The van der Waals surface area contributed by atoms with Crippen molar-refractivity contribution in [3.8, 4) is 0 Å². The molecule has 11 heteroatoms. The Labute approximate surface area is 147 Å². The quantitative estimate of drug-likeness (QED) is 0.343. The summed E-state index contributed by atoms with van der Waals surface area (Å²) in [5.74, 6) is -10.0. The maximum atomic E-state index is 13.7. The van der Waals surface area contributed by atoms with Crippen molar-refractivity contribution >= 4 is 23.5 Å². The fraction of sp³-hybridized carbons (Fsp3) is 0.125. The molecule has 0 fully saturated rings.